The molecule has 1 N–H and O–H groups in total. The van der Waals surface area contributed by atoms with Gasteiger partial charge in [0.15, 0.2) is 6.61 Å². The van der Waals surface area contributed by atoms with Crippen LogP contribution in [0.25, 0.3) is 11.1 Å². The highest BCUT2D eigenvalue weighted by Crippen LogP contribution is 2.19. The van der Waals surface area contributed by atoms with E-state index in [1.807, 2.05) is 49.4 Å². The zero-order valence-corrected chi connectivity index (χ0v) is 15.6. The van der Waals surface area contributed by atoms with E-state index in [-0.39, 0.29) is 12.5 Å². The van der Waals surface area contributed by atoms with Crippen LogP contribution in [-0.2, 0) is 4.79 Å². The number of halogens is 1. The summed E-state index contributed by atoms with van der Waals surface area (Å²) in [6, 6.07) is 25.0. The third-order valence-electron chi connectivity index (χ3n) is 3.94. The number of amides is 1. The van der Waals surface area contributed by atoms with Gasteiger partial charge in [-0.1, -0.05) is 66.2 Å². The Bertz CT molecular complexity index is 921. The molecular formula is C22H19ClN2O2. The van der Waals surface area contributed by atoms with Crippen molar-refractivity contribution in [2.45, 2.75) is 6.92 Å². The normalized spacial score (nSPS) is 11.1. The molecule has 0 aliphatic rings. The van der Waals surface area contributed by atoms with Gasteiger partial charge in [-0.2, -0.15) is 5.10 Å². The van der Waals surface area contributed by atoms with Crippen molar-refractivity contribution in [1.82, 2.24) is 5.43 Å². The van der Waals surface area contributed by atoms with E-state index in [1.54, 1.807) is 24.3 Å². The zero-order chi connectivity index (χ0) is 19.1. The number of rotatable bonds is 6. The van der Waals surface area contributed by atoms with Crippen molar-refractivity contribution in [3.63, 3.8) is 0 Å². The summed E-state index contributed by atoms with van der Waals surface area (Å²) in [7, 11) is 0. The van der Waals surface area contributed by atoms with Gasteiger partial charge >= 0.3 is 0 Å². The van der Waals surface area contributed by atoms with E-state index in [1.165, 1.54) is 0 Å². The molecule has 0 saturated carbocycles. The van der Waals surface area contributed by atoms with Crippen molar-refractivity contribution in [2.24, 2.45) is 5.10 Å². The van der Waals surface area contributed by atoms with Gasteiger partial charge in [-0.05, 0) is 47.9 Å². The van der Waals surface area contributed by atoms with Crippen LogP contribution < -0.4 is 10.2 Å². The van der Waals surface area contributed by atoms with Crippen LogP contribution in [0.5, 0.6) is 5.75 Å². The van der Waals surface area contributed by atoms with Crippen LogP contribution in [0.2, 0.25) is 5.02 Å². The van der Waals surface area contributed by atoms with Crippen LogP contribution in [-0.4, -0.2) is 18.2 Å². The molecule has 0 aliphatic carbocycles. The number of nitrogens with one attached hydrogen (secondary N) is 1. The maximum Gasteiger partial charge on any atom is 0.277 e. The van der Waals surface area contributed by atoms with Crippen LogP contribution in [0, 0.1) is 0 Å². The molecule has 0 radical (unpaired) electrons. The predicted octanol–water partition coefficient (Wildman–Crippen LogP) is 4.93. The monoisotopic (exact) mass is 378 g/mol. The lowest BCUT2D eigenvalue weighted by Crippen LogP contribution is -2.25. The molecule has 0 fully saturated rings. The fourth-order valence-corrected chi connectivity index (χ4v) is 2.58. The van der Waals surface area contributed by atoms with Gasteiger partial charge in [0, 0.05) is 5.02 Å². The molecule has 1 amide bonds. The van der Waals surface area contributed by atoms with E-state index in [0.29, 0.717) is 10.8 Å². The van der Waals surface area contributed by atoms with Crippen LogP contribution in [0.4, 0.5) is 0 Å². The van der Waals surface area contributed by atoms with Crippen molar-refractivity contribution in [3.05, 3.63) is 89.4 Å². The molecular weight excluding hydrogens is 360 g/mol. The minimum absolute atomic E-state index is 0.120. The summed E-state index contributed by atoms with van der Waals surface area (Å²) in [6.45, 7) is 1.73. The molecule has 0 saturated heterocycles. The summed E-state index contributed by atoms with van der Waals surface area (Å²) in [5.41, 5.74) is 6.45. The van der Waals surface area contributed by atoms with Crippen molar-refractivity contribution < 1.29 is 9.53 Å². The molecule has 3 aromatic carbocycles. The average Bonchev–Trinajstić information content (AvgIpc) is 2.72. The number of carbonyl (C=O) groups excluding carboxylic acids is 1. The summed E-state index contributed by atoms with van der Waals surface area (Å²) in [6.07, 6.45) is 0. The third kappa shape index (κ3) is 5.43. The standard InChI is InChI=1S/C22H19ClN2O2/c1-16(17-7-9-19(10-8-17)18-5-3-2-4-6-18)24-25-22(26)15-27-21-13-11-20(23)12-14-21/h2-14H,15H2,1H3,(H,25,26). The Hall–Kier alpha value is -3.11. The Balaban J connectivity index is 1.55. The summed E-state index contributed by atoms with van der Waals surface area (Å²) in [4.78, 5) is 11.9. The molecule has 3 aromatic rings. The number of ether oxygens (including phenoxy) is 1. The van der Waals surface area contributed by atoms with Crippen molar-refractivity contribution in [2.75, 3.05) is 6.61 Å². The lowest BCUT2D eigenvalue weighted by molar-refractivity contribution is -0.123. The summed E-state index contributed by atoms with van der Waals surface area (Å²) in [5.74, 6) is 0.247. The zero-order valence-electron chi connectivity index (χ0n) is 14.9. The minimum atomic E-state index is -0.329. The maximum absolute atomic E-state index is 11.9. The Morgan fingerprint density at radius 3 is 2.22 bits per heavy atom. The SMILES string of the molecule is CC(=NNC(=O)COc1ccc(Cl)cc1)c1ccc(-c2ccccc2)cc1. The minimum Gasteiger partial charge on any atom is -0.484 e. The first-order chi connectivity index (χ1) is 13.1. The number of hydrogen-bond donors (Lipinski definition) is 1. The molecule has 0 heterocycles. The van der Waals surface area contributed by atoms with E-state index in [0.717, 1.165) is 22.4 Å². The molecule has 0 bridgehead atoms. The molecule has 4 nitrogen and oxygen atoms in total. The topological polar surface area (TPSA) is 50.7 Å². The lowest BCUT2D eigenvalue weighted by atomic mass is 10.0. The Labute approximate surface area is 163 Å². The fraction of sp³-hybridized carbons (Fsp3) is 0.0909. The highest BCUT2D eigenvalue weighted by atomic mass is 35.5. The number of hydrogen-bond acceptors (Lipinski definition) is 3. The largest absolute Gasteiger partial charge is 0.484 e. The first-order valence-electron chi connectivity index (χ1n) is 8.49. The van der Waals surface area contributed by atoms with E-state index in [2.05, 4.69) is 22.7 Å². The quantitative estimate of drug-likeness (QED) is 0.488. The second-order valence-corrected chi connectivity index (χ2v) is 6.35. The molecule has 0 spiro atoms. The maximum atomic E-state index is 11.9. The van der Waals surface area contributed by atoms with Gasteiger partial charge in [0.1, 0.15) is 5.75 Å². The van der Waals surface area contributed by atoms with Gasteiger partial charge in [-0.15, -0.1) is 0 Å². The molecule has 0 aromatic heterocycles. The molecule has 0 aliphatic heterocycles. The van der Waals surface area contributed by atoms with Gasteiger partial charge in [-0.3, -0.25) is 4.79 Å². The number of nitrogens with zero attached hydrogens (tertiary/aromatic N) is 1. The molecule has 27 heavy (non-hydrogen) atoms. The Morgan fingerprint density at radius 1 is 0.926 bits per heavy atom. The van der Waals surface area contributed by atoms with E-state index in [9.17, 15) is 4.79 Å². The number of hydrazone groups is 1. The third-order valence-corrected chi connectivity index (χ3v) is 4.19. The van der Waals surface area contributed by atoms with E-state index >= 15 is 0 Å². The van der Waals surface area contributed by atoms with Gasteiger partial charge in [0.25, 0.3) is 5.91 Å². The van der Waals surface area contributed by atoms with E-state index in [4.69, 9.17) is 16.3 Å². The molecule has 3 rings (SSSR count). The number of benzene rings is 3. The van der Waals surface area contributed by atoms with Crippen molar-refractivity contribution in [1.29, 1.82) is 0 Å². The van der Waals surface area contributed by atoms with Crippen molar-refractivity contribution >= 4 is 23.2 Å². The van der Waals surface area contributed by atoms with Gasteiger partial charge in [0.05, 0.1) is 5.71 Å². The Morgan fingerprint density at radius 2 is 1.56 bits per heavy atom. The van der Waals surface area contributed by atoms with Crippen LogP contribution in [0.3, 0.4) is 0 Å². The summed E-state index contributed by atoms with van der Waals surface area (Å²) >= 11 is 5.81. The first-order valence-corrected chi connectivity index (χ1v) is 8.87. The lowest BCUT2D eigenvalue weighted by Gasteiger charge is -2.07. The second kappa shape index (κ2) is 9.01. The summed E-state index contributed by atoms with van der Waals surface area (Å²) < 4.78 is 5.39. The fourth-order valence-electron chi connectivity index (χ4n) is 2.46. The highest BCUT2D eigenvalue weighted by Gasteiger charge is 2.04. The van der Waals surface area contributed by atoms with Gasteiger partial charge in [0.2, 0.25) is 0 Å². The Kier molecular flexibility index (Phi) is 6.23. The average molecular weight is 379 g/mol. The first kappa shape index (κ1) is 18.7. The molecule has 136 valence electrons. The van der Waals surface area contributed by atoms with Gasteiger partial charge in [-0.25, -0.2) is 5.43 Å². The summed E-state index contributed by atoms with van der Waals surface area (Å²) in [5, 5.41) is 4.76. The predicted molar refractivity (Wildman–Crippen MR) is 109 cm³/mol. The smallest absolute Gasteiger partial charge is 0.277 e. The van der Waals surface area contributed by atoms with Crippen LogP contribution in [0.15, 0.2) is 84.0 Å². The molecule has 0 atom stereocenters. The second-order valence-electron chi connectivity index (χ2n) is 5.92. The number of carbonyl (C=O) groups is 1. The van der Waals surface area contributed by atoms with Gasteiger partial charge < -0.3 is 4.74 Å². The molecule has 0 unspecified atom stereocenters. The molecule has 5 heteroatoms. The van der Waals surface area contributed by atoms with Crippen molar-refractivity contribution in [3.8, 4) is 16.9 Å². The highest BCUT2D eigenvalue weighted by molar-refractivity contribution is 6.30. The van der Waals surface area contributed by atoms with Crippen LogP contribution in [0.1, 0.15) is 12.5 Å². The van der Waals surface area contributed by atoms with E-state index < -0.39 is 0 Å². The van der Waals surface area contributed by atoms with Crippen LogP contribution >= 0.6 is 11.6 Å².